The third-order valence-corrected chi connectivity index (χ3v) is 4.96. The van der Waals surface area contributed by atoms with Gasteiger partial charge in [0.2, 0.25) is 10.0 Å². The van der Waals surface area contributed by atoms with Crippen molar-refractivity contribution < 1.29 is 27.9 Å². The maximum Gasteiger partial charge on any atom is 0.324 e. The molecule has 0 aromatic heterocycles. The van der Waals surface area contributed by atoms with E-state index in [0.29, 0.717) is 12.8 Å². The topological polar surface area (TPSA) is 110 Å². The van der Waals surface area contributed by atoms with Crippen molar-refractivity contribution in [1.82, 2.24) is 4.72 Å². The number of esters is 1. The molecule has 0 atom stereocenters. The van der Waals surface area contributed by atoms with Crippen molar-refractivity contribution in [3.05, 3.63) is 0 Å². The number of carboxylic acid groups (broad SMARTS) is 1. The fourth-order valence-corrected chi connectivity index (χ4v) is 3.78. The van der Waals surface area contributed by atoms with Gasteiger partial charge in [0.15, 0.2) is 0 Å². The molecule has 2 N–H and O–H groups in total. The van der Waals surface area contributed by atoms with E-state index in [9.17, 15) is 23.1 Å². The minimum absolute atomic E-state index is 0.278. The zero-order chi connectivity index (χ0) is 15.2. The number of sulfonamides is 1. The van der Waals surface area contributed by atoms with Crippen LogP contribution in [0.1, 0.15) is 44.9 Å². The summed E-state index contributed by atoms with van der Waals surface area (Å²) >= 11 is 0. The highest BCUT2D eigenvalue weighted by atomic mass is 32.2. The Labute approximate surface area is 118 Å². The van der Waals surface area contributed by atoms with Gasteiger partial charge in [0.1, 0.15) is 5.54 Å². The second-order valence-electron chi connectivity index (χ2n) is 5.05. The molecule has 0 heterocycles. The molecule has 0 spiro atoms. The monoisotopic (exact) mass is 307 g/mol. The molecule has 116 valence electrons. The maximum atomic E-state index is 12.0. The maximum absolute atomic E-state index is 12.0. The van der Waals surface area contributed by atoms with Crippen molar-refractivity contribution in [2.75, 3.05) is 12.9 Å². The quantitative estimate of drug-likeness (QED) is 0.550. The zero-order valence-corrected chi connectivity index (χ0v) is 12.4. The van der Waals surface area contributed by atoms with Crippen LogP contribution in [0.3, 0.4) is 0 Å². The summed E-state index contributed by atoms with van der Waals surface area (Å²) in [5.41, 5.74) is -1.44. The third kappa shape index (κ3) is 4.75. The molecule has 1 aliphatic rings. The highest BCUT2D eigenvalue weighted by Gasteiger charge is 2.41. The molecule has 1 rings (SSSR count). The fourth-order valence-electron chi connectivity index (χ4n) is 2.36. The van der Waals surface area contributed by atoms with Crippen LogP contribution in [0.2, 0.25) is 0 Å². The third-order valence-electron chi connectivity index (χ3n) is 3.52. The van der Waals surface area contributed by atoms with E-state index in [1.807, 2.05) is 0 Å². The van der Waals surface area contributed by atoms with Crippen LogP contribution in [-0.4, -0.2) is 43.9 Å². The van der Waals surface area contributed by atoms with Crippen molar-refractivity contribution in [2.24, 2.45) is 0 Å². The molecule has 1 saturated carbocycles. The summed E-state index contributed by atoms with van der Waals surface area (Å²) in [6.07, 6.45) is 3.41. The van der Waals surface area contributed by atoms with E-state index in [-0.39, 0.29) is 19.3 Å². The Balaban J connectivity index is 2.78. The summed E-state index contributed by atoms with van der Waals surface area (Å²) < 4.78 is 30.6. The highest BCUT2D eigenvalue weighted by molar-refractivity contribution is 7.89. The van der Waals surface area contributed by atoms with Crippen LogP contribution in [-0.2, 0) is 24.3 Å². The number of nitrogens with one attached hydrogen (secondary N) is 1. The number of carboxylic acids is 1. The van der Waals surface area contributed by atoms with E-state index < -0.39 is 33.3 Å². The van der Waals surface area contributed by atoms with Crippen LogP contribution in [0.5, 0.6) is 0 Å². The van der Waals surface area contributed by atoms with Gasteiger partial charge in [0, 0.05) is 0 Å². The summed E-state index contributed by atoms with van der Waals surface area (Å²) in [6.45, 7) is 0. The second kappa shape index (κ2) is 7.03. The van der Waals surface area contributed by atoms with Gasteiger partial charge in [-0.3, -0.25) is 9.59 Å². The first-order chi connectivity index (χ1) is 9.31. The van der Waals surface area contributed by atoms with Crippen LogP contribution in [0, 0.1) is 0 Å². The van der Waals surface area contributed by atoms with Gasteiger partial charge in [-0.25, -0.2) is 8.42 Å². The lowest BCUT2D eigenvalue weighted by Crippen LogP contribution is -2.54. The first-order valence-electron chi connectivity index (χ1n) is 6.63. The molecule has 20 heavy (non-hydrogen) atoms. The summed E-state index contributed by atoms with van der Waals surface area (Å²) in [4.78, 5) is 22.5. The number of carbonyl (C=O) groups is 2. The highest BCUT2D eigenvalue weighted by Crippen LogP contribution is 2.28. The summed E-state index contributed by atoms with van der Waals surface area (Å²) in [6, 6.07) is 0. The molecule has 0 aromatic rings. The van der Waals surface area contributed by atoms with Crippen LogP contribution < -0.4 is 4.72 Å². The van der Waals surface area contributed by atoms with E-state index in [1.54, 1.807) is 0 Å². The van der Waals surface area contributed by atoms with Gasteiger partial charge in [0.25, 0.3) is 0 Å². The van der Waals surface area contributed by atoms with E-state index in [0.717, 1.165) is 12.8 Å². The lowest BCUT2D eigenvalue weighted by atomic mass is 9.92. The molecule has 0 aromatic carbocycles. The molecular weight excluding hydrogens is 286 g/mol. The number of ether oxygens (including phenoxy) is 1. The molecule has 1 fully saturated rings. The molecule has 0 amide bonds. The van der Waals surface area contributed by atoms with Gasteiger partial charge in [-0.1, -0.05) is 25.7 Å². The molecule has 1 aliphatic carbocycles. The number of rotatable bonds is 6. The van der Waals surface area contributed by atoms with E-state index >= 15 is 0 Å². The molecular formula is C12H21NO6S. The Bertz CT molecular complexity index is 451. The summed E-state index contributed by atoms with van der Waals surface area (Å²) in [5.74, 6) is -2.25. The molecule has 0 saturated heterocycles. The predicted octanol–water partition coefficient (Wildman–Crippen LogP) is 0.646. The Kier molecular flexibility index (Phi) is 5.94. The number of hydrogen-bond acceptors (Lipinski definition) is 5. The van der Waals surface area contributed by atoms with E-state index in [2.05, 4.69) is 9.46 Å². The largest absolute Gasteiger partial charge is 0.480 e. The van der Waals surface area contributed by atoms with Crippen LogP contribution in [0.4, 0.5) is 0 Å². The minimum atomic E-state index is -3.84. The van der Waals surface area contributed by atoms with Crippen molar-refractivity contribution in [3.8, 4) is 0 Å². The molecule has 0 aliphatic heterocycles. The normalized spacial score (nSPS) is 19.1. The smallest absolute Gasteiger partial charge is 0.324 e. The number of methoxy groups -OCH3 is 1. The van der Waals surface area contributed by atoms with Crippen molar-refractivity contribution in [1.29, 1.82) is 0 Å². The van der Waals surface area contributed by atoms with Gasteiger partial charge < -0.3 is 9.84 Å². The van der Waals surface area contributed by atoms with Gasteiger partial charge in [-0.15, -0.1) is 0 Å². The standard InChI is InChI=1S/C12H21NO6S/c1-19-10(14)6-9-20(17,18)13-12(11(15)16)7-4-2-3-5-8-12/h13H,2-9H2,1H3,(H,15,16). The van der Waals surface area contributed by atoms with Gasteiger partial charge in [-0.2, -0.15) is 4.72 Å². The average molecular weight is 307 g/mol. The van der Waals surface area contributed by atoms with Crippen molar-refractivity contribution in [3.63, 3.8) is 0 Å². The lowest BCUT2D eigenvalue weighted by Gasteiger charge is -2.28. The number of hydrogen-bond donors (Lipinski definition) is 2. The Hall–Kier alpha value is -1.15. The molecule has 7 nitrogen and oxygen atoms in total. The fraction of sp³-hybridized carbons (Fsp3) is 0.833. The second-order valence-corrected chi connectivity index (χ2v) is 6.89. The Morgan fingerprint density at radius 2 is 1.75 bits per heavy atom. The number of carbonyl (C=O) groups excluding carboxylic acids is 1. The van der Waals surface area contributed by atoms with Crippen molar-refractivity contribution >= 4 is 22.0 Å². The molecule has 0 unspecified atom stereocenters. The van der Waals surface area contributed by atoms with Crippen LogP contribution >= 0.6 is 0 Å². The van der Waals surface area contributed by atoms with Gasteiger partial charge in [0.05, 0.1) is 19.3 Å². The molecule has 0 bridgehead atoms. The first kappa shape index (κ1) is 16.9. The molecule has 8 heteroatoms. The van der Waals surface area contributed by atoms with E-state index in [4.69, 9.17) is 0 Å². The molecule has 0 radical (unpaired) electrons. The average Bonchev–Trinajstić information content (AvgIpc) is 2.62. The predicted molar refractivity (Wildman–Crippen MR) is 71.6 cm³/mol. The lowest BCUT2D eigenvalue weighted by molar-refractivity contribution is -0.144. The van der Waals surface area contributed by atoms with Gasteiger partial charge >= 0.3 is 11.9 Å². The minimum Gasteiger partial charge on any atom is -0.480 e. The Morgan fingerprint density at radius 1 is 1.20 bits per heavy atom. The first-order valence-corrected chi connectivity index (χ1v) is 8.28. The number of aliphatic carboxylic acids is 1. The summed E-state index contributed by atoms with van der Waals surface area (Å²) in [7, 11) is -2.66. The van der Waals surface area contributed by atoms with Crippen molar-refractivity contribution in [2.45, 2.75) is 50.5 Å². The Morgan fingerprint density at radius 3 is 2.20 bits per heavy atom. The summed E-state index contributed by atoms with van der Waals surface area (Å²) in [5, 5.41) is 9.38. The van der Waals surface area contributed by atoms with Crippen LogP contribution in [0.15, 0.2) is 0 Å². The van der Waals surface area contributed by atoms with Gasteiger partial charge in [-0.05, 0) is 12.8 Å². The zero-order valence-electron chi connectivity index (χ0n) is 11.6. The van der Waals surface area contributed by atoms with E-state index in [1.165, 1.54) is 7.11 Å². The van der Waals surface area contributed by atoms with Crippen LogP contribution in [0.25, 0.3) is 0 Å². The SMILES string of the molecule is COC(=O)CCS(=O)(=O)NC1(C(=O)O)CCCCCC1.